The van der Waals surface area contributed by atoms with E-state index in [4.69, 9.17) is 9.26 Å². The zero-order valence-corrected chi connectivity index (χ0v) is 17.7. The molecular formula is C22H28N4O2. The lowest BCUT2D eigenvalue weighted by molar-refractivity contribution is 0.232. The molecule has 3 aromatic rings. The number of benzene rings is 1. The van der Waals surface area contributed by atoms with Crippen molar-refractivity contribution in [3.05, 3.63) is 52.8 Å². The predicted molar refractivity (Wildman–Crippen MR) is 108 cm³/mol. The van der Waals surface area contributed by atoms with Crippen molar-refractivity contribution < 1.29 is 9.26 Å². The Morgan fingerprint density at radius 2 is 1.68 bits per heavy atom. The van der Waals surface area contributed by atoms with E-state index in [-0.39, 0.29) is 17.9 Å². The van der Waals surface area contributed by atoms with Gasteiger partial charge in [0.1, 0.15) is 5.82 Å². The summed E-state index contributed by atoms with van der Waals surface area (Å²) in [5, 5.41) is 4.08. The van der Waals surface area contributed by atoms with Gasteiger partial charge in [0.25, 0.3) is 5.89 Å². The molecule has 0 saturated carbocycles. The molecule has 0 fully saturated rings. The summed E-state index contributed by atoms with van der Waals surface area (Å²) in [6.07, 6.45) is 0. The van der Waals surface area contributed by atoms with Gasteiger partial charge < -0.3 is 9.26 Å². The molecule has 0 aliphatic rings. The average Bonchev–Trinajstić information content (AvgIpc) is 3.11. The fourth-order valence-corrected chi connectivity index (χ4v) is 2.70. The number of rotatable bonds is 5. The third-order valence-corrected chi connectivity index (χ3v) is 4.69. The molecule has 28 heavy (non-hydrogen) atoms. The summed E-state index contributed by atoms with van der Waals surface area (Å²) in [5.74, 6) is 2.52. The molecular weight excluding hydrogens is 352 g/mol. The number of nitrogens with zero attached hydrogens (tertiary/aromatic N) is 4. The van der Waals surface area contributed by atoms with E-state index >= 15 is 0 Å². The van der Waals surface area contributed by atoms with Crippen LogP contribution >= 0.6 is 0 Å². The highest BCUT2D eigenvalue weighted by Gasteiger charge is 2.16. The minimum Gasteiger partial charge on any atom is -0.467 e. The van der Waals surface area contributed by atoms with E-state index < -0.39 is 0 Å². The Kier molecular flexibility index (Phi) is 5.49. The highest BCUT2D eigenvalue weighted by atomic mass is 16.5. The highest BCUT2D eigenvalue weighted by molar-refractivity contribution is 5.55. The molecule has 6 heteroatoms. The summed E-state index contributed by atoms with van der Waals surface area (Å²) in [6, 6.07) is 8.23. The maximum absolute atomic E-state index is 5.86. The van der Waals surface area contributed by atoms with Gasteiger partial charge in [-0.2, -0.15) is 9.97 Å². The lowest BCUT2D eigenvalue weighted by atomic mass is 9.87. The number of ether oxygens (including phenoxy) is 1. The van der Waals surface area contributed by atoms with Crippen LogP contribution < -0.4 is 4.74 Å². The van der Waals surface area contributed by atoms with E-state index in [9.17, 15) is 0 Å². The van der Waals surface area contributed by atoms with Crippen molar-refractivity contribution in [1.82, 2.24) is 20.1 Å². The summed E-state index contributed by atoms with van der Waals surface area (Å²) in [7, 11) is 0. The van der Waals surface area contributed by atoms with Crippen molar-refractivity contribution in [2.75, 3.05) is 0 Å². The van der Waals surface area contributed by atoms with Crippen LogP contribution in [0, 0.1) is 13.8 Å². The Hall–Kier alpha value is -2.76. The molecule has 2 aromatic heterocycles. The molecule has 0 aliphatic carbocycles. The van der Waals surface area contributed by atoms with Crippen molar-refractivity contribution >= 4 is 0 Å². The van der Waals surface area contributed by atoms with Crippen molar-refractivity contribution in [3.63, 3.8) is 0 Å². The van der Waals surface area contributed by atoms with Gasteiger partial charge in [-0.3, -0.25) is 0 Å². The standard InChI is InChI=1S/C22H28N4O2/c1-13(2)19-23-15(4)14(3)21(25-19)27-12-18-24-20(26-28-18)16-8-10-17(11-9-16)22(5,6)7/h8-11,13H,12H2,1-7H3. The van der Waals surface area contributed by atoms with Gasteiger partial charge in [0.05, 0.1) is 0 Å². The van der Waals surface area contributed by atoms with Gasteiger partial charge in [-0.1, -0.05) is 64.0 Å². The second kappa shape index (κ2) is 7.70. The molecule has 0 saturated heterocycles. The summed E-state index contributed by atoms with van der Waals surface area (Å²) < 4.78 is 11.2. The van der Waals surface area contributed by atoms with Crippen LogP contribution in [0.15, 0.2) is 28.8 Å². The van der Waals surface area contributed by atoms with E-state index in [0.29, 0.717) is 17.6 Å². The van der Waals surface area contributed by atoms with E-state index in [1.165, 1.54) is 5.56 Å². The Labute approximate surface area is 166 Å². The van der Waals surface area contributed by atoms with Crippen molar-refractivity contribution in [3.8, 4) is 17.3 Å². The third-order valence-electron chi connectivity index (χ3n) is 4.69. The fraction of sp³-hybridized carbons (Fsp3) is 0.455. The van der Waals surface area contributed by atoms with Gasteiger partial charge in [-0.25, -0.2) is 4.98 Å². The largest absolute Gasteiger partial charge is 0.467 e. The minimum absolute atomic E-state index is 0.108. The summed E-state index contributed by atoms with van der Waals surface area (Å²) in [5.41, 5.74) is 4.12. The van der Waals surface area contributed by atoms with Crippen LogP contribution in [0.5, 0.6) is 5.88 Å². The topological polar surface area (TPSA) is 73.9 Å². The zero-order valence-electron chi connectivity index (χ0n) is 17.7. The summed E-state index contributed by atoms with van der Waals surface area (Å²) in [4.78, 5) is 13.5. The Bertz CT molecular complexity index is 954. The van der Waals surface area contributed by atoms with Gasteiger partial charge in [0.2, 0.25) is 11.7 Å². The zero-order chi connectivity index (χ0) is 20.5. The molecule has 0 atom stereocenters. The number of aryl methyl sites for hydroxylation is 1. The average molecular weight is 380 g/mol. The van der Waals surface area contributed by atoms with Crippen LogP contribution in [0.2, 0.25) is 0 Å². The Morgan fingerprint density at radius 3 is 2.29 bits per heavy atom. The van der Waals surface area contributed by atoms with Crippen LogP contribution in [0.3, 0.4) is 0 Å². The van der Waals surface area contributed by atoms with Crippen LogP contribution in [0.4, 0.5) is 0 Å². The number of hydrogen-bond donors (Lipinski definition) is 0. The molecule has 148 valence electrons. The second-order valence-electron chi connectivity index (χ2n) is 8.38. The normalized spacial score (nSPS) is 11.9. The maximum Gasteiger partial charge on any atom is 0.264 e. The van der Waals surface area contributed by atoms with Crippen LogP contribution in [-0.2, 0) is 12.0 Å². The van der Waals surface area contributed by atoms with Gasteiger partial charge in [0.15, 0.2) is 6.61 Å². The quantitative estimate of drug-likeness (QED) is 0.610. The number of hydrogen-bond acceptors (Lipinski definition) is 6. The van der Waals surface area contributed by atoms with Crippen LogP contribution in [0.25, 0.3) is 11.4 Å². The van der Waals surface area contributed by atoms with Gasteiger partial charge in [0, 0.05) is 22.7 Å². The van der Waals surface area contributed by atoms with Gasteiger partial charge >= 0.3 is 0 Å². The molecule has 0 amide bonds. The predicted octanol–water partition coefficient (Wildman–Crippen LogP) is 5.14. The van der Waals surface area contributed by atoms with Crippen LogP contribution in [0.1, 0.15) is 69.1 Å². The van der Waals surface area contributed by atoms with Crippen LogP contribution in [-0.4, -0.2) is 20.1 Å². The Balaban J connectivity index is 1.74. The first-order chi connectivity index (χ1) is 13.1. The third kappa shape index (κ3) is 4.38. The molecule has 0 aliphatic heterocycles. The van der Waals surface area contributed by atoms with Crippen molar-refractivity contribution in [2.24, 2.45) is 0 Å². The molecule has 0 radical (unpaired) electrons. The maximum atomic E-state index is 5.86. The van der Waals surface area contributed by atoms with Crippen molar-refractivity contribution in [2.45, 2.75) is 66.4 Å². The molecule has 0 unspecified atom stereocenters. The SMILES string of the molecule is Cc1nc(C(C)C)nc(OCc2nc(-c3ccc(C(C)(C)C)cc3)no2)c1C. The fourth-order valence-electron chi connectivity index (χ4n) is 2.70. The van der Waals surface area contributed by atoms with E-state index in [0.717, 1.165) is 22.6 Å². The molecule has 0 bridgehead atoms. The number of aromatic nitrogens is 4. The molecule has 6 nitrogen and oxygen atoms in total. The van der Waals surface area contributed by atoms with Gasteiger partial charge in [-0.15, -0.1) is 0 Å². The molecule has 0 spiro atoms. The smallest absolute Gasteiger partial charge is 0.264 e. The van der Waals surface area contributed by atoms with E-state index in [2.05, 4.69) is 66.9 Å². The summed E-state index contributed by atoms with van der Waals surface area (Å²) in [6.45, 7) is 14.8. The Morgan fingerprint density at radius 1 is 1.00 bits per heavy atom. The van der Waals surface area contributed by atoms with Crippen molar-refractivity contribution in [1.29, 1.82) is 0 Å². The minimum atomic E-state index is 0.108. The first-order valence-corrected chi connectivity index (χ1v) is 9.56. The van der Waals surface area contributed by atoms with E-state index in [1.54, 1.807) is 0 Å². The first-order valence-electron chi connectivity index (χ1n) is 9.56. The van der Waals surface area contributed by atoms with Gasteiger partial charge in [-0.05, 0) is 24.8 Å². The summed E-state index contributed by atoms with van der Waals surface area (Å²) >= 11 is 0. The molecule has 0 N–H and O–H groups in total. The van der Waals surface area contributed by atoms with E-state index in [1.807, 2.05) is 26.0 Å². The highest BCUT2D eigenvalue weighted by Crippen LogP contribution is 2.25. The lowest BCUT2D eigenvalue weighted by Crippen LogP contribution is -2.10. The molecule has 3 rings (SSSR count). The molecule has 2 heterocycles. The second-order valence-corrected chi connectivity index (χ2v) is 8.38. The first kappa shape index (κ1) is 20.0. The monoisotopic (exact) mass is 380 g/mol. The molecule has 1 aromatic carbocycles. The lowest BCUT2D eigenvalue weighted by Gasteiger charge is -2.18.